The molecule has 0 atom stereocenters. The van der Waals surface area contributed by atoms with Crippen molar-refractivity contribution in [2.24, 2.45) is 0 Å². The van der Waals surface area contributed by atoms with Crippen LogP contribution < -0.4 is 10.9 Å². The molecule has 0 spiro atoms. The molecule has 1 saturated carbocycles. The van der Waals surface area contributed by atoms with Crippen LogP contribution in [0.1, 0.15) is 43.5 Å². The van der Waals surface area contributed by atoms with Crippen molar-refractivity contribution < 1.29 is 4.79 Å². The standard InChI is InChI=1S/C21H23N3O2S/c1-13-18-20(26)23-16(12-17(25)22-15-10-6-3-7-11-15)24-21(18)27-19(13)14-8-4-2-5-9-14/h2,4-5,8-9,15H,3,6-7,10-12H2,1H3,(H,22,25)(H,23,24,26). The van der Waals surface area contributed by atoms with Gasteiger partial charge >= 0.3 is 0 Å². The van der Waals surface area contributed by atoms with Gasteiger partial charge in [0.05, 0.1) is 11.8 Å². The van der Waals surface area contributed by atoms with Gasteiger partial charge in [-0.05, 0) is 30.9 Å². The number of hydrogen-bond acceptors (Lipinski definition) is 4. The zero-order valence-corrected chi connectivity index (χ0v) is 16.2. The number of rotatable bonds is 4. The van der Waals surface area contributed by atoms with E-state index in [4.69, 9.17) is 0 Å². The first-order valence-corrected chi connectivity index (χ1v) is 10.3. The van der Waals surface area contributed by atoms with E-state index in [1.54, 1.807) is 0 Å². The number of nitrogens with zero attached hydrogens (tertiary/aromatic N) is 1. The minimum Gasteiger partial charge on any atom is -0.353 e. The highest BCUT2D eigenvalue weighted by atomic mass is 32.1. The van der Waals surface area contributed by atoms with E-state index in [1.807, 2.05) is 37.3 Å². The molecule has 0 saturated heterocycles. The van der Waals surface area contributed by atoms with Crippen molar-refractivity contribution in [1.82, 2.24) is 15.3 Å². The number of aromatic nitrogens is 2. The number of thiophene rings is 1. The quantitative estimate of drug-likeness (QED) is 0.718. The van der Waals surface area contributed by atoms with Crippen LogP contribution in [0.5, 0.6) is 0 Å². The average molecular weight is 382 g/mol. The summed E-state index contributed by atoms with van der Waals surface area (Å²) in [6.45, 7) is 1.95. The molecular weight excluding hydrogens is 358 g/mol. The molecular formula is C21H23N3O2S. The molecule has 27 heavy (non-hydrogen) atoms. The topological polar surface area (TPSA) is 74.8 Å². The summed E-state index contributed by atoms with van der Waals surface area (Å²) < 4.78 is 0. The third-order valence-electron chi connectivity index (χ3n) is 5.18. The second kappa shape index (κ2) is 7.64. The number of amides is 1. The van der Waals surface area contributed by atoms with E-state index in [9.17, 15) is 9.59 Å². The van der Waals surface area contributed by atoms with Gasteiger partial charge in [0.2, 0.25) is 5.91 Å². The summed E-state index contributed by atoms with van der Waals surface area (Å²) in [5.74, 6) is 0.364. The van der Waals surface area contributed by atoms with E-state index in [0.29, 0.717) is 16.0 Å². The molecule has 1 aromatic carbocycles. The summed E-state index contributed by atoms with van der Waals surface area (Å²) >= 11 is 1.51. The third-order valence-corrected chi connectivity index (χ3v) is 6.42. The highest BCUT2D eigenvalue weighted by Gasteiger charge is 2.19. The summed E-state index contributed by atoms with van der Waals surface area (Å²) in [7, 11) is 0. The smallest absolute Gasteiger partial charge is 0.259 e. The number of H-pyrrole nitrogens is 1. The third kappa shape index (κ3) is 3.81. The number of hydrogen-bond donors (Lipinski definition) is 2. The van der Waals surface area contributed by atoms with Gasteiger partial charge in [0, 0.05) is 10.9 Å². The van der Waals surface area contributed by atoms with Crippen LogP contribution in [0.25, 0.3) is 20.7 Å². The fraction of sp³-hybridized carbons (Fsp3) is 0.381. The highest BCUT2D eigenvalue weighted by molar-refractivity contribution is 7.22. The van der Waals surface area contributed by atoms with Gasteiger partial charge in [-0.1, -0.05) is 49.6 Å². The molecule has 6 heteroatoms. The van der Waals surface area contributed by atoms with Crippen molar-refractivity contribution in [3.8, 4) is 10.4 Å². The number of aromatic amines is 1. The summed E-state index contributed by atoms with van der Waals surface area (Å²) in [5.41, 5.74) is 1.85. The van der Waals surface area contributed by atoms with Gasteiger partial charge in [0.25, 0.3) is 5.56 Å². The van der Waals surface area contributed by atoms with Gasteiger partial charge in [0.15, 0.2) is 0 Å². The Bertz CT molecular complexity index is 1020. The van der Waals surface area contributed by atoms with Crippen LogP contribution in [0.2, 0.25) is 0 Å². The largest absolute Gasteiger partial charge is 0.353 e. The molecule has 1 aliphatic rings. The van der Waals surface area contributed by atoms with Crippen molar-refractivity contribution in [3.05, 3.63) is 52.1 Å². The molecule has 0 unspecified atom stereocenters. The van der Waals surface area contributed by atoms with E-state index in [0.717, 1.165) is 28.8 Å². The predicted octanol–water partition coefficient (Wildman–Crippen LogP) is 3.95. The van der Waals surface area contributed by atoms with E-state index < -0.39 is 0 Å². The Hall–Kier alpha value is -2.47. The molecule has 1 amide bonds. The number of benzene rings is 1. The number of nitrogens with one attached hydrogen (secondary N) is 2. The fourth-order valence-electron chi connectivity index (χ4n) is 3.81. The second-order valence-corrected chi connectivity index (χ2v) is 8.19. The summed E-state index contributed by atoms with van der Waals surface area (Å²) in [6, 6.07) is 10.3. The number of fused-ring (bicyclic) bond motifs is 1. The first kappa shape index (κ1) is 17.9. The van der Waals surface area contributed by atoms with Crippen LogP contribution in [0.3, 0.4) is 0 Å². The lowest BCUT2D eigenvalue weighted by Gasteiger charge is -2.22. The Morgan fingerprint density at radius 3 is 2.70 bits per heavy atom. The van der Waals surface area contributed by atoms with Crippen LogP contribution in [-0.4, -0.2) is 21.9 Å². The first-order valence-electron chi connectivity index (χ1n) is 9.49. The average Bonchev–Trinajstić information content (AvgIpc) is 3.00. The number of aryl methyl sites for hydroxylation is 1. The summed E-state index contributed by atoms with van der Waals surface area (Å²) in [4.78, 5) is 34.1. The lowest BCUT2D eigenvalue weighted by Crippen LogP contribution is -2.37. The lowest BCUT2D eigenvalue weighted by molar-refractivity contribution is -0.121. The van der Waals surface area contributed by atoms with Crippen LogP contribution >= 0.6 is 11.3 Å². The van der Waals surface area contributed by atoms with Gasteiger partial charge in [-0.15, -0.1) is 11.3 Å². The van der Waals surface area contributed by atoms with Crippen molar-refractivity contribution >= 4 is 27.5 Å². The molecule has 2 aromatic heterocycles. The van der Waals surface area contributed by atoms with Gasteiger partial charge in [-0.2, -0.15) is 0 Å². The maximum atomic E-state index is 12.6. The van der Waals surface area contributed by atoms with Crippen molar-refractivity contribution in [2.45, 2.75) is 51.5 Å². The lowest BCUT2D eigenvalue weighted by atomic mass is 9.95. The van der Waals surface area contributed by atoms with Crippen molar-refractivity contribution in [1.29, 1.82) is 0 Å². The Balaban J connectivity index is 1.60. The molecule has 2 heterocycles. The van der Waals surface area contributed by atoms with Crippen molar-refractivity contribution in [2.75, 3.05) is 0 Å². The maximum absolute atomic E-state index is 12.6. The number of carbonyl (C=O) groups is 1. The molecule has 5 nitrogen and oxygen atoms in total. The highest BCUT2D eigenvalue weighted by Crippen LogP contribution is 2.35. The second-order valence-electron chi connectivity index (χ2n) is 7.19. The normalized spacial score (nSPS) is 15.1. The van der Waals surface area contributed by atoms with Crippen LogP contribution in [0.15, 0.2) is 35.1 Å². The maximum Gasteiger partial charge on any atom is 0.259 e. The molecule has 0 radical (unpaired) electrons. The molecule has 140 valence electrons. The van der Waals surface area contributed by atoms with Crippen LogP contribution in [0, 0.1) is 6.92 Å². The van der Waals surface area contributed by atoms with Crippen LogP contribution in [-0.2, 0) is 11.2 Å². The van der Waals surface area contributed by atoms with Gasteiger partial charge in [0.1, 0.15) is 10.7 Å². The van der Waals surface area contributed by atoms with E-state index in [-0.39, 0.29) is 23.9 Å². The zero-order chi connectivity index (χ0) is 18.8. The van der Waals surface area contributed by atoms with Gasteiger partial charge in [-0.3, -0.25) is 9.59 Å². The van der Waals surface area contributed by atoms with E-state index >= 15 is 0 Å². The van der Waals surface area contributed by atoms with Gasteiger partial charge in [-0.25, -0.2) is 4.98 Å². The molecule has 1 aliphatic carbocycles. The van der Waals surface area contributed by atoms with Gasteiger partial charge < -0.3 is 10.3 Å². The molecule has 3 aromatic rings. The minimum atomic E-state index is -0.170. The van der Waals surface area contributed by atoms with Crippen LogP contribution in [0.4, 0.5) is 0 Å². The summed E-state index contributed by atoms with van der Waals surface area (Å²) in [5, 5.41) is 3.70. The Morgan fingerprint density at radius 1 is 1.22 bits per heavy atom. The minimum absolute atomic E-state index is 0.0686. The summed E-state index contributed by atoms with van der Waals surface area (Å²) in [6.07, 6.45) is 5.78. The Kier molecular flexibility index (Phi) is 5.07. The molecule has 4 rings (SSSR count). The molecule has 0 bridgehead atoms. The van der Waals surface area contributed by atoms with Crippen molar-refractivity contribution in [3.63, 3.8) is 0 Å². The van der Waals surface area contributed by atoms with E-state index in [2.05, 4.69) is 15.3 Å². The Morgan fingerprint density at radius 2 is 1.96 bits per heavy atom. The monoisotopic (exact) mass is 381 g/mol. The SMILES string of the molecule is Cc1c(-c2ccccc2)sc2nc(CC(=O)NC3CCCCC3)[nH]c(=O)c12. The molecule has 0 aliphatic heterocycles. The number of carbonyl (C=O) groups excluding carboxylic acids is 1. The predicted molar refractivity (Wildman–Crippen MR) is 109 cm³/mol. The first-order chi connectivity index (χ1) is 13.1. The van der Waals surface area contributed by atoms with E-state index in [1.165, 1.54) is 30.6 Å². The fourth-order valence-corrected chi connectivity index (χ4v) is 5.02. The Labute approximate surface area is 161 Å². The molecule has 1 fully saturated rings. The molecule has 2 N–H and O–H groups in total. The zero-order valence-electron chi connectivity index (χ0n) is 15.4.